The number of aliphatic hydroxyl groups is 3. The van der Waals surface area contributed by atoms with Gasteiger partial charge in [0.15, 0.2) is 11.6 Å². The van der Waals surface area contributed by atoms with Gasteiger partial charge in [0.05, 0.1) is 0 Å². The quantitative estimate of drug-likeness (QED) is 0.338. The summed E-state index contributed by atoms with van der Waals surface area (Å²) in [4.78, 5) is 22.8. The Balaban J connectivity index is 3.97. The number of unbranched alkanes of at least 4 members (excludes halogenated alkanes) is 11. The zero-order valence-corrected chi connectivity index (χ0v) is 17.0. The third kappa shape index (κ3) is 9.79. The van der Waals surface area contributed by atoms with E-state index in [0.29, 0.717) is 6.42 Å². The summed E-state index contributed by atoms with van der Waals surface area (Å²) in [5, 5.41) is 30.4. The summed E-state index contributed by atoms with van der Waals surface area (Å²) in [6.07, 6.45) is 10.4. The summed E-state index contributed by atoms with van der Waals surface area (Å²) in [5.41, 5.74) is -2.09. The first-order chi connectivity index (χ1) is 12.3. The van der Waals surface area contributed by atoms with Crippen LogP contribution >= 0.6 is 0 Å². The van der Waals surface area contributed by atoms with Crippen molar-refractivity contribution in [2.24, 2.45) is 0 Å². The molecule has 26 heavy (non-hydrogen) atoms. The van der Waals surface area contributed by atoms with Crippen LogP contribution in [0.4, 0.5) is 0 Å². The van der Waals surface area contributed by atoms with E-state index in [2.05, 4.69) is 6.92 Å². The van der Waals surface area contributed by atoms with Gasteiger partial charge in [0.2, 0.25) is 0 Å². The standard InChI is InChI=1S/C21H40O5/c1-4-5-6-7-8-9-10-11-12-13-14-15-16-21(26,19(24)17(2)22)20(25)18(3)23/h19-20,24-26H,4-16H2,1-3H3. The van der Waals surface area contributed by atoms with E-state index < -0.39 is 29.4 Å². The van der Waals surface area contributed by atoms with Gasteiger partial charge in [-0.25, -0.2) is 0 Å². The zero-order valence-electron chi connectivity index (χ0n) is 17.0. The highest BCUT2D eigenvalue weighted by atomic mass is 16.4. The molecule has 0 aromatic heterocycles. The minimum atomic E-state index is -2.09. The molecule has 5 nitrogen and oxygen atoms in total. The van der Waals surface area contributed by atoms with Crippen LogP contribution in [0.15, 0.2) is 0 Å². The molecule has 0 fully saturated rings. The van der Waals surface area contributed by atoms with Crippen LogP contribution in [0.2, 0.25) is 0 Å². The molecule has 0 radical (unpaired) electrons. The van der Waals surface area contributed by atoms with Gasteiger partial charge in [0.1, 0.15) is 17.8 Å². The number of carbonyl (C=O) groups is 2. The van der Waals surface area contributed by atoms with Crippen LogP contribution in [0, 0.1) is 0 Å². The maximum atomic E-state index is 11.4. The molecule has 2 unspecified atom stereocenters. The fourth-order valence-electron chi connectivity index (χ4n) is 3.38. The minimum Gasteiger partial charge on any atom is -0.383 e. The maximum Gasteiger partial charge on any atom is 0.161 e. The van der Waals surface area contributed by atoms with Gasteiger partial charge in [0, 0.05) is 0 Å². The fourth-order valence-corrected chi connectivity index (χ4v) is 3.38. The lowest BCUT2D eigenvalue weighted by Crippen LogP contribution is -2.57. The van der Waals surface area contributed by atoms with E-state index in [1.165, 1.54) is 51.4 Å². The van der Waals surface area contributed by atoms with Crippen LogP contribution in [-0.2, 0) is 9.59 Å². The Hall–Kier alpha value is -0.780. The third-order valence-corrected chi connectivity index (χ3v) is 5.15. The van der Waals surface area contributed by atoms with Crippen molar-refractivity contribution in [2.45, 2.75) is 122 Å². The van der Waals surface area contributed by atoms with E-state index in [1.807, 2.05) is 0 Å². The van der Waals surface area contributed by atoms with Crippen LogP contribution in [0.5, 0.6) is 0 Å². The Morgan fingerprint density at radius 3 is 1.31 bits per heavy atom. The van der Waals surface area contributed by atoms with Crippen molar-refractivity contribution in [1.29, 1.82) is 0 Å². The van der Waals surface area contributed by atoms with Crippen molar-refractivity contribution in [1.82, 2.24) is 0 Å². The van der Waals surface area contributed by atoms with E-state index in [-0.39, 0.29) is 6.42 Å². The Labute approximate surface area is 159 Å². The van der Waals surface area contributed by atoms with E-state index in [1.54, 1.807) is 0 Å². The predicted octanol–water partition coefficient (Wildman–Crippen LogP) is 3.71. The number of hydrogen-bond acceptors (Lipinski definition) is 5. The van der Waals surface area contributed by atoms with Crippen LogP contribution in [0.3, 0.4) is 0 Å². The Bertz CT molecular complexity index is 374. The van der Waals surface area contributed by atoms with E-state index >= 15 is 0 Å². The van der Waals surface area contributed by atoms with Gasteiger partial charge < -0.3 is 15.3 Å². The number of hydrogen-bond donors (Lipinski definition) is 3. The second-order valence-electron chi connectivity index (χ2n) is 7.66. The number of Topliss-reactive ketones (excluding diaryl/α,β-unsaturated/α-hetero) is 2. The second kappa shape index (κ2) is 14.3. The zero-order chi connectivity index (χ0) is 20.0. The highest BCUT2D eigenvalue weighted by Crippen LogP contribution is 2.26. The molecule has 2 atom stereocenters. The highest BCUT2D eigenvalue weighted by molar-refractivity contribution is 5.86. The first kappa shape index (κ1) is 25.2. The lowest BCUT2D eigenvalue weighted by atomic mass is 9.81. The molecule has 0 rings (SSSR count). The molecule has 0 saturated carbocycles. The summed E-state index contributed by atoms with van der Waals surface area (Å²) in [6, 6.07) is 0. The molecule has 0 aromatic carbocycles. The van der Waals surface area contributed by atoms with Gasteiger partial charge in [-0.3, -0.25) is 9.59 Å². The van der Waals surface area contributed by atoms with E-state index in [9.17, 15) is 24.9 Å². The molecule has 0 aromatic rings. The Morgan fingerprint density at radius 1 is 0.692 bits per heavy atom. The largest absolute Gasteiger partial charge is 0.383 e. The van der Waals surface area contributed by atoms with E-state index in [4.69, 9.17) is 0 Å². The molecule has 5 heteroatoms. The molecular formula is C21H40O5. The first-order valence-electron chi connectivity index (χ1n) is 10.4. The van der Waals surface area contributed by atoms with Gasteiger partial charge in [-0.05, 0) is 20.3 Å². The minimum absolute atomic E-state index is 0.0337. The molecule has 0 heterocycles. The molecule has 0 aliphatic carbocycles. The second-order valence-corrected chi connectivity index (χ2v) is 7.66. The average Bonchev–Trinajstić information content (AvgIpc) is 2.60. The number of aliphatic hydroxyl groups excluding tert-OH is 2. The SMILES string of the molecule is CCCCCCCCCCCCCCC(O)(C(O)C(C)=O)C(O)C(C)=O. The number of rotatable bonds is 17. The first-order valence-corrected chi connectivity index (χ1v) is 10.4. The molecule has 0 aliphatic heterocycles. The summed E-state index contributed by atoms with van der Waals surface area (Å²) in [7, 11) is 0. The monoisotopic (exact) mass is 372 g/mol. The fraction of sp³-hybridized carbons (Fsp3) is 0.905. The molecular weight excluding hydrogens is 332 g/mol. The molecule has 0 aliphatic rings. The lowest BCUT2D eigenvalue weighted by molar-refractivity contribution is -0.172. The lowest BCUT2D eigenvalue weighted by Gasteiger charge is -2.34. The molecule has 0 spiro atoms. The van der Waals surface area contributed by atoms with Gasteiger partial charge in [-0.2, -0.15) is 0 Å². The van der Waals surface area contributed by atoms with Crippen molar-refractivity contribution in [3.05, 3.63) is 0 Å². The number of carbonyl (C=O) groups excluding carboxylic acids is 2. The molecule has 0 amide bonds. The molecule has 0 bridgehead atoms. The summed E-state index contributed by atoms with van der Waals surface area (Å²) in [5.74, 6) is -1.29. The van der Waals surface area contributed by atoms with Crippen molar-refractivity contribution in [3.8, 4) is 0 Å². The number of ketones is 2. The smallest absolute Gasteiger partial charge is 0.161 e. The van der Waals surface area contributed by atoms with Gasteiger partial charge in [-0.1, -0.05) is 84.0 Å². The van der Waals surface area contributed by atoms with Crippen LogP contribution < -0.4 is 0 Å². The molecule has 0 saturated heterocycles. The van der Waals surface area contributed by atoms with Gasteiger partial charge in [-0.15, -0.1) is 0 Å². The summed E-state index contributed by atoms with van der Waals surface area (Å²) >= 11 is 0. The van der Waals surface area contributed by atoms with Crippen molar-refractivity contribution >= 4 is 11.6 Å². The third-order valence-electron chi connectivity index (χ3n) is 5.15. The van der Waals surface area contributed by atoms with Crippen LogP contribution in [-0.4, -0.2) is 44.7 Å². The Morgan fingerprint density at radius 2 is 1.00 bits per heavy atom. The average molecular weight is 373 g/mol. The van der Waals surface area contributed by atoms with Crippen molar-refractivity contribution in [3.63, 3.8) is 0 Å². The van der Waals surface area contributed by atoms with Crippen molar-refractivity contribution < 1.29 is 24.9 Å². The summed E-state index contributed by atoms with van der Waals surface area (Å²) in [6.45, 7) is 4.51. The van der Waals surface area contributed by atoms with Crippen LogP contribution in [0.25, 0.3) is 0 Å². The topological polar surface area (TPSA) is 94.8 Å². The van der Waals surface area contributed by atoms with Gasteiger partial charge in [0.25, 0.3) is 0 Å². The molecule has 3 N–H and O–H groups in total. The van der Waals surface area contributed by atoms with Gasteiger partial charge >= 0.3 is 0 Å². The predicted molar refractivity (Wildman–Crippen MR) is 104 cm³/mol. The van der Waals surface area contributed by atoms with Crippen LogP contribution in [0.1, 0.15) is 104 Å². The summed E-state index contributed by atoms with van der Waals surface area (Å²) < 4.78 is 0. The van der Waals surface area contributed by atoms with Crippen molar-refractivity contribution in [2.75, 3.05) is 0 Å². The molecule has 154 valence electrons. The Kier molecular flexibility index (Phi) is 13.9. The highest BCUT2D eigenvalue weighted by Gasteiger charge is 2.46. The maximum absolute atomic E-state index is 11.4. The van der Waals surface area contributed by atoms with E-state index in [0.717, 1.165) is 33.1 Å². The normalized spacial score (nSPS) is 16.1.